The second-order valence-corrected chi connectivity index (χ2v) is 10.2. The van der Waals surface area contributed by atoms with Crippen LogP contribution in [0.25, 0.3) is 0 Å². The zero-order chi connectivity index (χ0) is 30.1. The van der Waals surface area contributed by atoms with Crippen molar-refractivity contribution in [2.45, 2.75) is 24.9 Å². The van der Waals surface area contributed by atoms with Crippen LogP contribution in [0.1, 0.15) is 16.7 Å². The van der Waals surface area contributed by atoms with Crippen molar-refractivity contribution in [3.8, 4) is 11.5 Å². The molecule has 3 aromatic carbocycles. The van der Waals surface area contributed by atoms with Gasteiger partial charge in [-0.15, -0.1) is 0 Å². The minimum atomic E-state index is -4.57. The number of piperazine rings is 1. The number of amides is 1. The lowest BCUT2D eigenvalue weighted by Gasteiger charge is -2.35. The van der Waals surface area contributed by atoms with Crippen LogP contribution in [-0.2, 0) is 23.6 Å². The molecule has 42 heavy (non-hydrogen) atoms. The first-order chi connectivity index (χ1) is 19.8. The summed E-state index contributed by atoms with van der Waals surface area (Å²) in [5, 5.41) is 2.89. The summed E-state index contributed by atoms with van der Waals surface area (Å²) >= 11 is 0. The Labute approximate surface area is 237 Å². The highest BCUT2D eigenvalue weighted by Gasteiger charge is 2.35. The number of fused-ring (bicyclic) bond motifs is 1. The van der Waals surface area contributed by atoms with E-state index in [0.29, 0.717) is 61.9 Å². The largest absolute Gasteiger partial charge is 0.488 e. The summed E-state index contributed by atoms with van der Waals surface area (Å²) in [6.45, 7) is 2.51. The molecule has 0 spiro atoms. The van der Waals surface area contributed by atoms with Crippen LogP contribution < -0.4 is 20.5 Å². The fraction of sp³-hybridized carbons (Fsp3) is 0.345. The molecule has 3 aromatic rings. The number of hydrogen-bond donors (Lipinski definition) is 2. The number of alkyl halides is 6. The Morgan fingerprint density at radius 1 is 0.905 bits per heavy atom. The molecule has 0 bridgehead atoms. The van der Waals surface area contributed by atoms with Crippen molar-refractivity contribution in [3.63, 3.8) is 0 Å². The molecular weight excluding hydrogens is 566 g/mol. The van der Waals surface area contributed by atoms with Gasteiger partial charge in [-0.05, 0) is 66.2 Å². The lowest BCUT2D eigenvalue weighted by Crippen LogP contribution is -2.51. The predicted molar refractivity (Wildman–Crippen MR) is 144 cm³/mol. The maximum absolute atomic E-state index is 13.1. The lowest BCUT2D eigenvalue weighted by molar-refractivity contribution is -0.138. The van der Waals surface area contributed by atoms with E-state index in [4.69, 9.17) is 15.2 Å². The number of benzene rings is 3. The summed E-state index contributed by atoms with van der Waals surface area (Å²) in [4.78, 5) is 16.5. The first-order valence-electron chi connectivity index (χ1n) is 13.2. The molecule has 0 radical (unpaired) electrons. The number of nitrogens with two attached hydrogens (primary N) is 1. The van der Waals surface area contributed by atoms with Crippen molar-refractivity contribution >= 4 is 23.0 Å². The van der Waals surface area contributed by atoms with Gasteiger partial charge in [0, 0.05) is 56.2 Å². The van der Waals surface area contributed by atoms with Crippen LogP contribution in [0.3, 0.4) is 0 Å². The third-order valence-electron chi connectivity index (χ3n) is 7.18. The number of carbonyl (C=O) groups excluding carboxylic acids is 1. The molecule has 2 aliphatic heterocycles. The lowest BCUT2D eigenvalue weighted by atomic mass is 10.1. The molecule has 1 saturated heterocycles. The maximum Gasteiger partial charge on any atom is 0.418 e. The van der Waals surface area contributed by atoms with Crippen LogP contribution in [0.15, 0.2) is 60.7 Å². The fourth-order valence-electron chi connectivity index (χ4n) is 4.98. The van der Waals surface area contributed by atoms with Gasteiger partial charge < -0.3 is 25.4 Å². The first-order valence-corrected chi connectivity index (χ1v) is 13.2. The number of hydrogen-bond acceptors (Lipinski definition) is 6. The van der Waals surface area contributed by atoms with Crippen molar-refractivity contribution in [1.29, 1.82) is 0 Å². The molecule has 224 valence electrons. The zero-order valence-electron chi connectivity index (χ0n) is 22.3. The van der Waals surface area contributed by atoms with Gasteiger partial charge in [0.1, 0.15) is 17.6 Å². The fourth-order valence-corrected chi connectivity index (χ4v) is 4.98. The Morgan fingerprint density at radius 2 is 1.60 bits per heavy atom. The van der Waals surface area contributed by atoms with E-state index in [1.165, 1.54) is 18.2 Å². The van der Waals surface area contributed by atoms with Crippen LogP contribution in [-0.4, -0.2) is 61.1 Å². The van der Waals surface area contributed by atoms with Crippen LogP contribution >= 0.6 is 0 Å². The smallest absolute Gasteiger partial charge is 0.418 e. The standard InChI is InChI=1S/C29H28F6N4O3/c30-28(31,32)19-1-8-26-18(13-19)14-23(42-26)16-38-9-11-39(12-10-38)27(40)17-41-22-5-2-20(3-6-22)37-21-4-7-25(36)24(15-21)29(33,34)35/h1-8,13,15,23,37H,9-12,14,16-17,36H2. The third-order valence-corrected chi connectivity index (χ3v) is 7.18. The van der Waals surface area contributed by atoms with E-state index in [0.717, 1.165) is 18.2 Å². The number of halogens is 6. The molecule has 1 amide bonds. The normalized spacial score (nSPS) is 17.5. The van der Waals surface area contributed by atoms with Gasteiger partial charge in [-0.2, -0.15) is 26.3 Å². The van der Waals surface area contributed by atoms with Crippen LogP contribution in [0.4, 0.5) is 43.4 Å². The molecule has 5 rings (SSSR count). The highest BCUT2D eigenvalue weighted by molar-refractivity contribution is 5.78. The Kier molecular flexibility index (Phi) is 8.13. The van der Waals surface area contributed by atoms with Gasteiger partial charge in [0.25, 0.3) is 5.91 Å². The van der Waals surface area contributed by atoms with E-state index in [1.807, 2.05) is 0 Å². The van der Waals surface area contributed by atoms with Crippen molar-refractivity contribution in [2.75, 3.05) is 50.4 Å². The highest BCUT2D eigenvalue weighted by Crippen LogP contribution is 2.37. The molecule has 1 fully saturated rings. The average Bonchev–Trinajstić information content (AvgIpc) is 3.34. The molecule has 1 atom stereocenters. The van der Waals surface area contributed by atoms with Gasteiger partial charge in [-0.1, -0.05) is 0 Å². The SMILES string of the molecule is Nc1ccc(Nc2ccc(OCC(=O)N3CCN(CC4Cc5cc(C(F)(F)F)ccc5O4)CC3)cc2)cc1C(F)(F)F. The van der Waals surface area contributed by atoms with Gasteiger partial charge in [0.05, 0.1) is 11.1 Å². The molecule has 0 aliphatic carbocycles. The number of nitrogen functional groups attached to an aromatic ring is 1. The monoisotopic (exact) mass is 594 g/mol. The zero-order valence-corrected chi connectivity index (χ0v) is 22.3. The number of nitrogens with one attached hydrogen (secondary N) is 1. The molecule has 2 heterocycles. The minimum absolute atomic E-state index is 0.178. The van der Waals surface area contributed by atoms with Crippen molar-refractivity contribution < 1.29 is 40.6 Å². The van der Waals surface area contributed by atoms with E-state index >= 15 is 0 Å². The number of carbonyl (C=O) groups is 1. The highest BCUT2D eigenvalue weighted by atomic mass is 19.4. The number of rotatable bonds is 7. The summed E-state index contributed by atoms with van der Waals surface area (Å²) in [5.74, 6) is 0.707. The number of anilines is 3. The van der Waals surface area contributed by atoms with Crippen molar-refractivity contribution in [2.24, 2.45) is 0 Å². The van der Waals surface area contributed by atoms with Gasteiger partial charge in [0.2, 0.25) is 0 Å². The van der Waals surface area contributed by atoms with E-state index in [1.54, 1.807) is 29.2 Å². The topological polar surface area (TPSA) is 80.1 Å². The van der Waals surface area contributed by atoms with E-state index in [-0.39, 0.29) is 30.0 Å². The maximum atomic E-state index is 13.1. The molecule has 13 heteroatoms. The first kappa shape index (κ1) is 29.4. The Bertz CT molecular complexity index is 1420. The summed E-state index contributed by atoms with van der Waals surface area (Å²) in [5.41, 5.74) is 4.76. The molecule has 0 saturated carbocycles. The summed E-state index contributed by atoms with van der Waals surface area (Å²) < 4.78 is 89.7. The van der Waals surface area contributed by atoms with Gasteiger partial charge in [-0.25, -0.2) is 0 Å². The van der Waals surface area contributed by atoms with Crippen LogP contribution in [0.2, 0.25) is 0 Å². The Hall–Kier alpha value is -4.13. The van der Waals surface area contributed by atoms with Crippen LogP contribution in [0, 0.1) is 0 Å². The molecule has 1 unspecified atom stereocenters. The van der Waals surface area contributed by atoms with E-state index in [2.05, 4.69) is 10.2 Å². The predicted octanol–water partition coefficient (Wildman–Crippen LogP) is 5.58. The van der Waals surface area contributed by atoms with Gasteiger partial charge in [-0.3, -0.25) is 9.69 Å². The Morgan fingerprint density at radius 3 is 2.26 bits per heavy atom. The molecule has 7 nitrogen and oxygen atoms in total. The van der Waals surface area contributed by atoms with Crippen LogP contribution in [0.5, 0.6) is 11.5 Å². The Balaban J connectivity index is 1.05. The second-order valence-electron chi connectivity index (χ2n) is 10.2. The number of nitrogens with zero attached hydrogens (tertiary/aromatic N) is 2. The van der Waals surface area contributed by atoms with E-state index in [9.17, 15) is 31.1 Å². The quantitative estimate of drug-likeness (QED) is 0.275. The molecule has 3 N–H and O–H groups in total. The summed E-state index contributed by atoms with van der Waals surface area (Å²) in [6, 6.07) is 13.5. The van der Waals surface area contributed by atoms with E-state index < -0.39 is 23.5 Å². The van der Waals surface area contributed by atoms with Gasteiger partial charge in [0.15, 0.2) is 6.61 Å². The molecule has 0 aromatic heterocycles. The molecule has 2 aliphatic rings. The van der Waals surface area contributed by atoms with Crippen molar-refractivity contribution in [1.82, 2.24) is 9.80 Å². The minimum Gasteiger partial charge on any atom is -0.488 e. The summed E-state index contributed by atoms with van der Waals surface area (Å²) in [7, 11) is 0. The third kappa shape index (κ3) is 7.01. The average molecular weight is 595 g/mol. The van der Waals surface area contributed by atoms with Crippen molar-refractivity contribution in [3.05, 3.63) is 77.4 Å². The second kappa shape index (κ2) is 11.6. The molecular formula is C29H28F6N4O3. The number of ether oxygens (including phenoxy) is 2. The van der Waals surface area contributed by atoms with Gasteiger partial charge >= 0.3 is 12.4 Å². The summed E-state index contributed by atoms with van der Waals surface area (Å²) in [6.07, 6.45) is -8.82.